The lowest BCUT2D eigenvalue weighted by molar-refractivity contribution is -0.274. The molecular formula is C23H24O11. The van der Waals surface area contributed by atoms with Gasteiger partial charge >= 0.3 is 0 Å². The first-order valence-corrected chi connectivity index (χ1v) is 10.3. The highest BCUT2D eigenvalue weighted by molar-refractivity contribution is 5.87. The van der Waals surface area contributed by atoms with Crippen LogP contribution in [0.5, 0.6) is 28.7 Å². The van der Waals surface area contributed by atoms with Crippen LogP contribution in [0, 0.1) is 0 Å². The van der Waals surface area contributed by atoms with Crippen molar-refractivity contribution in [3.05, 3.63) is 40.6 Å². The maximum Gasteiger partial charge on any atom is 0.239 e. The number of phenolic OH excluding ortho intramolecular Hbond substituents is 3. The first-order chi connectivity index (χ1) is 16.2. The highest BCUT2D eigenvalue weighted by Crippen LogP contribution is 2.43. The summed E-state index contributed by atoms with van der Waals surface area (Å²) in [4.78, 5) is 13.4. The van der Waals surface area contributed by atoms with Gasteiger partial charge in [0.05, 0.1) is 13.2 Å². The number of ether oxygens (including phenoxy) is 4. The van der Waals surface area contributed by atoms with E-state index in [1.165, 1.54) is 45.4 Å². The molecule has 5 unspecified atom stereocenters. The lowest BCUT2D eigenvalue weighted by Gasteiger charge is -2.40. The molecular weight excluding hydrogens is 452 g/mol. The molecule has 0 radical (unpaired) electrons. The fourth-order valence-corrected chi connectivity index (χ4v) is 3.85. The summed E-state index contributed by atoms with van der Waals surface area (Å²) in [6, 6.07) is 6.68. The molecule has 5 atom stereocenters. The maximum absolute atomic E-state index is 13.4. The monoisotopic (exact) mass is 476 g/mol. The van der Waals surface area contributed by atoms with Crippen molar-refractivity contribution >= 4 is 11.0 Å². The lowest BCUT2D eigenvalue weighted by atomic mass is 10.00. The van der Waals surface area contributed by atoms with Gasteiger partial charge in [-0.2, -0.15) is 0 Å². The summed E-state index contributed by atoms with van der Waals surface area (Å²) in [6.45, 7) is 1.51. The van der Waals surface area contributed by atoms with Gasteiger partial charge < -0.3 is 48.9 Å². The predicted molar refractivity (Wildman–Crippen MR) is 117 cm³/mol. The largest absolute Gasteiger partial charge is 0.507 e. The molecule has 34 heavy (non-hydrogen) atoms. The summed E-state index contributed by atoms with van der Waals surface area (Å²) in [7, 11) is 2.55. The third-order valence-electron chi connectivity index (χ3n) is 5.68. The smallest absolute Gasteiger partial charge is 0.239 e. The third-order valence-corrected chi connectivity index (χ3v) is 5.68. The van der Waals surface area contributed by atoms with Crippen LogP contribution in [0.2, 0.25) is 0 Å². The van der Waals surface area contributed by atoms with E-state index in [1.807, 2.05) is 0 Å². The van der Waals surface area contributed by atoms with Crippen LogP contribution in [0.25, 0.3) is 22.3 Å². The molecule has 0 aliphatic carbocycles. The highest BCUT2D eigenvalue weighted by Gasteiger charge is 2.45. The van der Waals surface area contributed by atoms with Crippen molar-refractivity contribution in [2.75, 3.05) is 14.2 Å². The Morgan fingerprint density at radius 2 is 1.74 bits per heavy atom. The molecule has 1 aliphatic rings. The Morgan fingerprint density at radius 3 is 2.41 bits per heavy atom. The fourth-order valence-electron chi connectivity index (χ4n) is 3.85. The minimum absolute atomic E-state index is 0.0237. The molecule has 0 saturated carbocycles. The van der Waals surface area contributed by atoms with Crippen molar-refractivity contribution in [2.45, 2.75) is 37.6 Å². The SMILES string of the molecule is COc1cc(-c2oc3cccc(O)c3c(=O)c2OC2OC(C)C(O)C(O)C2OC)cc(O)c1O. The molecule has 11 nitrogen and oxygen atoms in total. The Balaban J connectivity index is 1.94. The predicted octanol–water partition coefficient (Wildman–Crippen LogP) is 1.45. The minimum atomic E-state index is -1.39. The Hall–Kier alpha value is -3.51. The molecule has 2 aromatic carbocycles. The van der Waals surface area contributed by atoms with E-state index in [4.69, 9.17) is 23.4 Å². The van der Waals surface area contributed by atoms with Crippen LogP contribution in [0.4, 0.5) is 0 Å². The number of aliphatic hydroxyl groups is 2. The van der Waals surface area contributed by atoms with E-state index in [9.17, 15) is 30.3 Å². The molecule has 4 rings (SSSR count). The molecule has 3 aromatic rings. The van der Waals surface area contributed by atoms with Gasteiger partial charge in [0.1, 0.15) is 35.0 Å². The van der Waals surface area contributed by atoms with Crippen LogP contribution >= 0.6 is 0 Å². The number of aliphatic hydroxyl groups excluding tert-OH is 2. The quantitative estimate of drug-likeness (QED) is 0.338. The van der Waals surface area contributed by atoms with Crippen LogP contribution in [-0.4, -0.2) is 70.5 Å². The van der Waals surface area contributed by atoms with Crippen molar-refractivity contribution < 1.29 is 48.9 Å². The average molecular weight is 476 g/mol. The van der Waals surface area contributed by atoms with Crippen LogP contribution in [0.1, 0.15) is 6.92 Å². The number of rotatable bonds is 5. The van der Waals surface area contributed by atoms with Crippen molar-refractivity contribution in [2.24, 2.45) is 0 Å². The Labute approximate surface area is 192 Å². The summed E-state index contributed by atoms with van der Waals surface area (Å²) in [5.74, 6) is -2.13. The van der Waals surface area contributed by atoms with Crippen LogP contribution < -0.4 is 14.9 Å². The van der Waals surface area contributed by atoms with Crippen LogP contribution in [0.15, 0.2) is 39.5 Å². The summed E-state index contributed by atoms with van der Waals surface area (Å²) in [5.41, 5.74) is -0.647. The van der Waals surface area contributed by atoms with Crippen LogP contribution in [0.3, 0.4) is 0 Å². The zero-order valence-corrected chi connectivity index (χ0v) is 18.5. The normalized spacial score (nSPS) is 24.8. The summed E-state index contributed by atoms with van der Waals surface area (Å²) >= 11 is 0. The molecule has 0 spiro atoms. The zero-order chi connectivity index (χ0) is 24.7. The van der Waals surface area contributed by atoms with Gasteiger partial charge in [0.2, 0.25) is 23.2 Å². The number of benzene rings is 2. The number of aromatic hydroxyl groups is 3. The molecule has 1 aliphatic heterocycles. The average Bonchev–Trinajstić information content (AvgIpc) is 2.81. The first kappa shape index (κ1) is 23.6. The Bertz CT molecular complexity index is 1270. The maximum atomic E-state index is 13.4. The highest BCUT2D eigenvalue weighted by atomic mass is 16.7. The van der Waals surface area contributed by atoms with Crippen molar-refractivity contribution in [3.63, 3.8) is 0 Å². The van der Waals surface area contributed by atoms with E-state index in [0.717, 1.165) is 6.07 Å². The van der Waals surface area contributed by atoms with Gasteiger partial charge in [0.15, 0.2) is 17.3 Å². The number of hydrogen-bond donors (Lipinski definition) is 5. The fraction of sp³-hybridized carbons (Fsp3) is 0.348. The molecule has 11 heteroatoms. The summed E-state index contributed by atoms with van der Waals surface area (Å²) < 4.78 is 27.7. The summed E-state index contributed by atoms with van der Waals surface area (Å²) in [6.07, 6.45) is -6.05. The van der Waals surface area contributed by atoms with E-state index in [1.54, 1.807) is 0 Å². The van der Waals surface area contributed by atoms with Gasteiger partial charge in [0, 0.05) is 12.7 Å². The molecule has 0 amide bonds. The molecule has 1 fully saturated rings. The van der Waals surface area contributed by atoms with Crippen molar-refractivity contribution in [3.8, 4) is 40.1 Å². The first-order valence-electron chi connectivity index (χ1n) is 10.3. The Morgan fingerprint density at radius 1 is 1.00 bits per heavy atom. The van der Waals surface area contributed by atoms with Crippen molar-refractivity contribution in [1.82, 2.24) is 0 Å². The van der Waals surface area contributed by atoms with Gasteiger partial charge in [-0.3, -0.25) is 4.79 Å². The second-order valence-corrected chi connectivity index (χ2v) is 7.79. The van der Waals surface area contributed by atoms with E-state index in [0.29, 0.717) is 0 Å². The third kappa shape index (κ3) is 3.88. The van der Waals surface area contributed by atoms with Gasteiger partial charge in [-0.25, -0.2) is 0 Å². The number of methoxy groups -OCH3 is 2. The molecule has 5 N–H and O–H groups in total. The van der Waals surface area contributed by atoms with Gasteiger partial charge in [-0.15, -0.1) is 0 Å². The number of hydrogen-bond acceptors (Lipinski definition) is 11. The molecule has 2 heterocycles. The Kier molecular flexibility index (Phi) is 6.28. The van der Waals surface area contributed by atoms with Crippen molar-refractivity contribution in [1.29, 1.82) is 0 Å². The molecule has 1 saturated heterocycles. The van der Waals surface area contributed by atoms with E-state index < -0.39 is 53.4 Å². The number of phenols is 3. The van der Waals surface area contributed by atoms with E-state index >= 15 is 0 Å². The van der Waals surface area contributed by atoms with Gasteiger partial charge in [-0.1, -0.05) is 6.07 Å². The topological polar surface area (TPSA) is 168 Å². The van der Waals surface area contributed by atoms with E-state index in [-0.39, 0.29) is 33.8 Å². The minimum Gasteiger partial charge on any atom is -0.507 e. The molecule has 182 valence electrons. The van der Waals surface area contributed by atoms with E-state index in [2.05, 4.69) is 0 Å². The second kappa shape index (κ2) is 9.03. The number of fused-ring (bicyclic) bond motifs is 1. The van der Waals surface area contributed by atoms with Crippen LogP contribution in [-0.2, 0) is 9.47 Å². The zero-order valence-electron chi connectivity index (χ0n) is 18.5. The van der Waals surface area contributed by atoms with Gasteiger partial charge in [-0.05, 0) is 31.2 Å². The standard InChI is InChI=1S/C23H24O11/c1-9-16(26)19(29)22(31-3)23(32-9)34-21-18(28)15-11(24)5-4-6-13(15)33-20(21)10-7-12(25)17(27)14(8-10)30-2/h4-9,16,19,22-27,29H,1-3H3. The van der Waals surface area contributed by atoms with Gasteiger partial charge in [0.25, 0.3) is 0 Å². The molecule has 1 aromatic heterocycles. The second-order valence-electron chi connectivity index (χ2n) is 7.79. The summed E-state index contributed by atoms with van der Waals surface area (Å²) in [5, 5.41) is 50.8. The lowest BCUT2D eigenvalue weighted by Crippen LogP contribution is -2.59. The molecule has 0 bridgehead atoms.